The molecular formula is C62H92N2O. The molecule has 4 aromatic rings. The number of hydrogen-bond acceptors (Lipinski definition) is 3. The van der Waals surface area contributed by atoms with Crippen molar-refractivity contribution in [2.45, 2.75) is 233 Å². The van der Waals surface area contributed by atoms with Crippen LogP contribution in [0.25, 0.3) is 22.5 Å². The van der Waals surface area contributed by atoms with Gasteiger partial charge in [-0.1, -0.05) is 230 Å². The highest BCUT2D eigenvalue weighted by molar-refractivity contribution is 5.60. The third kappa shape index (κ3) is 17.1. The molecule has 3 heteroatoms. The lowest BCUT2D eigenvalue weighted by molar-refractivity contribution is -0.0907. The van der Waals surface area contributed by atoms with E-state index in [1.807, 2.05) is 0 Å². The van der Waals surface area contributed by atoms with Gasteiger partial charge in [-0.3, -0.25) is 9.97 Å². The third-order valence-electron chi connectivity index (χ3n) is 15.7. The third-order valence-corrected chi connectivity index (χ3v) is 15.7. The van der Waals surface area contributed by atoms with Crippen molar-refractivity contribution < 1.29 is 4.74 Å². The van der Waals surface area contributed by atoms with Crippen molar-refractivity contribution in [1.29, 1.82) is 0 Å². The molecule has 0 N–H and O–H groups in total. The van der Waals surface area contributed by atoms with E-state index in [0.29, 0.717) is 11.8 Å². The van der Waals surface area contributed by atoms with Crippen LogP contribution in [-0.2, 0) is 17.6 Å². The Morgan fingerprint density at radius 1 is 0.400 bits per heavy atom. The molecule has 3 nitrogen and oxygen atoms in total. The lowest BCUT2D eigenvalue weighted by Gasteiger charge is -2.40. The smallest absolute Gasteiger partial charge is 0.0861 e. The molecule has 6 rings (SSSR count). The SMILES string of the molecule is CCCCCCCC1CCC(C(OC(c2ccc(-c3ccc(CCCCCC)cn3)cc2)C2CCC(CCCCCCC)CC2)c2ccc(-c3ccc(CCCCCC)cn3)cc2)CC1. The maximum absolute atomic E-state index is 7.82. The van der Waals surface area contributed by atoms with Crippen LogP contribution in [0.4, 0.5) is 0 Å². The highest BCUT2D eigenvalue weighted by atomic mass is 16.5. The van der Waals surface area contributed by atoms with Crippen LogP contribution in [0.1, 0.15) is 242 Å². The first-order chi connectivity index (χ1) is 32.1. The summed E-state index contributed by atoms with van der Waals surface area (Å²) in [4.78, 5) is 9.93. The highest BCUT2D eigenvalue weighted by Gasteiger charge is 2.36. The summed E-state index contributed by atoms with van der Waals surface area (Å²) in [5.74, 6) is 2.82. The van der Waals surface area contributed by atoms with Crippen molar-refractivity contribution in [2.75, 3.05) is 0 Å². The Kier molecular flexibility index (Phi) is 23.2. The molecule has 0 radical (unpaired) electrons. The average Bonchev–Trinajstić information content (AvgIpc) is 3.36. The van der Waals surface area contributed by atoms with E-state index in [9.17, 15) is 0 Å². The summed E-state index contributed by atoms with van der Waals surface area (Å²) in [6, 6.07) is 28.0. The van der Waals surface area contributed by atoms with Crippen molar-refractivity contribution in [3.63, 3.8) is 0 Å². The molecule has 65 heavy (non-hydrogen) atoms. The molecule has 2 unspecified atom stereocenters. The summed E-state index contributed by atoms with van der Waals surface area (Å²) in [5, 5.41) is 0. The van der Waals surface area contributed by atoms with Gasteiger partial charge in [-0.15, -0.1) is 0 Å². The van der Waals surface area contributed by atoms with Crippen LogP contribution in [-0.4, -0.2) is 9.97 Å². The van der Waals surface area contributed by atoms with Gasteiger partial charge in [0.2, 0.25) is 0 Å². The van der Waals surface area contributed by atoms with E-state index >= 15 is 0 Å². The standard InChI is InChI=1S/C62H92N2O/c1-5-9-13-17-21-23-49-27-33-55(34-28-49)61(57-41-37-53(38-42-57)59-45-31-51(47-63-59)25-19-15-11-7-3)65-62(56-35-29-50(30-36-56)24-22-18-14-10-6-2)58-43-39-54(40-44-58)60-46-32-52(48-64-60)26-20-16-12-8-4/h31-32,37-50,55-56,61-62H,5-30,33-36H2,1-4H3. The van der Waals surface area contributed by atoms with Gasteiger partial charge in [-0.05, 0) is 109 Å². The molecule has 2 fully saturated rings. The van der Waals surface area contributed by atoms with Gasteiger partial charge in [-0.2, -0.15) is 0 Å². The summed E-state index contributed by atoms with van der Waals surface area (Å²) in [6.45, 7) is 9.22. The first-order valence-corrected chi connectivity index (χ1v) is 27.8. The number of nitrogens with zero attached hydrogens (tertiary/aromatic N) is 2. The zero-order valence-corrected chi connectivity index (χ0v) is 42.1. The van der Waals surface area contributed by atoms with Crippen molar-refractivity contribution >= 4 is 0 Å². The molecule has 0 saturated heterocycles. The fraction of sp³-hybridized carbons (Fsp3) is 0.645. The van der Waals surface area contributed by atoms with Crippen molar-refractivity contribution in [1.82, 2.24) is 9.97 Å². The fourth-order valence-electron chi connectivity index (χ4n) is 11.4. The second-order valence-electron chi connectivity index (χ2n) is 20.9. The van der Waals surface area contributed by atoms with Gasteiger partial charge in [0.25, 0.3) is 0 Å². The Balaban J connectivity index is 1.22. The van der Waals surface area contributed by atoms with E-state index in [0.717, 1.165) is 36.1 Å². The molecule has 356 valence electrons. The van der Waals surface area contributed by atoms with E-state index < -0.39 is 0 Å². The number of aromatic nitrogens is 2. The molecule has 0 bridgehead atoms. The Morgan fingerprint density at radius 3 is 1.09 bits per heavy atom. The monoisotopic (exact) mass is 881 g/mol. The number of benzene rings is 2. The molecule has 2 saturated carbocycles. The largest absolute Gasteiger partial charge is 0.365 e. The Labute approximate surface area is 399 Å². The number of unbranched alkanes of at least 4 members (excludes halogenated alkanes) is 14. The zero-order chi connectivity index (χ0) is 45.3. The average molecular weight is 881 g/mol. The summed E-state index contributed by atoms with van der Waals surface area (Å²) in [6.07, 6.45) is 44.1. The number of rotatable bonds is 30. The molecule has 2 aromatic carbocycles. The van der Waals surface area contributed by atoms with Crippen LogP contribution in [0.5, 0.6) is 0 Å². The van der Waals surface area contributed by atoms with Crippen molar-refractivity contribution in [3.8, 4) is 22.5 Å². The Morgan fingerprint density at radius 2 is 0.754 bits per heavy atom. The zero-order valence-electron chi connectivity index (χ0n) is 42.1. The second kappa shape index (κ2) is 29.5. The van der Waals surface area contributed by atoms with Crippen LogP contribution >= 0.6 is 0 Å². The Bertz CT molecular complexity index is 1660. The summed E-state index contributed by atoms with van der Waals surface area (Å²) in [5.41, 5.74) is 9.97. The number of pyridine rings is 2. The van der Waals surface area contributed by atoms with Gasteiger partial charge < -0.3 is 4.74 Å². The lowest BCUT2D eigenvalue weighted by Crippen LogP contribution is -2.28. The predicted molar refractivity (Wildman–Crippen MR) is 279 cm³/mol. The molecule has 0 amide bonds. The number of ether oxygens (including phenoxy) is 1. The van der Waals surface area contributed by atoms with Crippen LogP contribution < -0.4 is 0 Å². The fourth-order valence-corrected chi connectivity index (χ4v) is 11.4. The molecule has 0 spiro atoms. The van der Waals surface area contributed by atoms with E-state index in [1.54, 1.807) is 0 Å². The van der Waals surface area contributed by atoms with E-state index in [4.69, 9.17) is 14.7 Å². The number of hydrogen-bond donors (Lipinski definition) is 0. The van der Waals surface area contributed by atoms with Crippen molar-refractivity contribution in [3.05, 3.63) is 107 Å². The molecule has 2 aliphatic carbocycles. The maximum atomic E-state index is 7.82. The molecule has 2 aliphatic rings. The summed E-state index contributed by atoms with van der Waals surface area (Å²) in [7, 11) is 0. The minimum atomic E-state index is 0.0838. The normalized spacial score (nSPS) is 19.9. The molecule has 2 heterocycles. The van der Waals surface area contributed by atoms with Gasteiger partial charge in [-0.25, -0.2) is 0 Å². The van der Waals surface area contributed by atoms with Gasteiger partial charge in [0.1, 0.15) is 0 Å². The van der Waals surface area contributed by atoms with Crippen molar-refractivity contribution in [2.24, 2.45) is 23.7 Å². The second-order valence-corrected chi connectivity index (χ2v) is 20.9. The van der Waals surface area contributed by atoms with Crippen LogP contribution in [0, 0.1) is 23.7 Å². The number of aryl methyl sites for hydroxylation is 2. The van der Waals surface area contributed by atoms with E-state index in [2.05, 4.69) is 113 Å². The maximum Gasteiger partial charge on any atom is 0.0861 e. The molecule has 2 atom stereocenters. The van der Waals surface area contributed by atoms with E-state index in [1.165, 1.54) is 213 Å². The highest BCUT2D eigenvalue weighted by Crippen LogP contribution is 2.47. The molecular weight excluding hydrogens is 789 g/mol. The quantitative estimate of drug-likeness (QED) is 0.0490. The summed E-state index contributed by atoms with van der Waals surface area (Å²) >= 11 is 0. The van der Waals surface area contributed by atoms with Crippen LogP contribution in [0.15, 0.2) is 85.2 Å². The molecule has 0 aliphatic heterocycles. The van der Waals surface area contributed by atoms with Gasteiger partial charge >= 0.3 is 0 Å². The first-order valence-electron chi connectivity index (χ1n) is 27.8. The van der Waals surface area contributed by atoms with Gasteiger partial charge in [0, 0.05) is 23.5 Å². The minimum absolute atomic E-state index is 0.0838. The molecule has 2 aromatic heterocycles. The predicted octanol–water partition coefficient (Wildman–Crippen LogP) is 19.2. The van der Waals surface area contributed by atoms with Crippen LogP contribution in [0.3, 0.4) is 0 Å². The van der Waals surface area contributed by atoms with Crippen LogP contribution in [0.2, 0.25) is 0 Å². The van der Waals surface area contributed by atoms with Gasteiger partial charge in [0.15, 0.2) is 0 Å². The summed E-state index contributed by atoms with van der Waals surface area (Å²) < 4.78 is 7.82. The lowest BCUT2D eigenvalue weighted by atomic mass is 9.74. The minimum Gasteiger partial charge on any atom is -0.365 e. The topological polar surface area (TPSA) is 35.0 Å². The Hall–Kier alpha value is -3.30. The van der Waals surface area contributed by atoms with E-state index in [-0.39, 0.29) is 12.2 Å². The van der Waals surface area contributed by atoms with Gasteiger partial charge in [0.05, 0.1) is 23.6 Å². The first kappa shape index (κ1) is 51.1.